The zero-order valence-electron chi connectivity index (χ0n) is 12.3. The smallest absolute Gasteiger partial charge is 0.363 e. The molecule has 0 aliphatic carbocycles. The monoisotopic (exact) mass is 296 g/mol. The lowest BCUT2D eigenvalue weighted by Crippen LogP contribution is -2.18. The SMILES string of the molecule is CCCCOC(=O)C(CCOC)c1ccc([N+](=O)[O-])nc1. The molecule has 0 fully saturated rings. The van der Waals surface area contributed by atoms with E-state index in [1.807, 2.05) is 6.92 Å². The summed E-state index contributed by atoms with van der Waals surface area (Å²) >= 11 is 0. The van der Waals surface area contributed by atoms with Gasteiger partial charge in [-0.15, -0.1) is 0 Å². The number of carbonyl (C=O) groups excluding carboxylic acids is 1. The highest BCUT2D eigenvalue weighted by Gasteiger charge is 2.24. The third kappa shape index (κ3) is 5.47. The van der Waals surface area contributed by atoms with Crippen LogP contribution in [0.4, 0.5) is 5.82 Å². The second-order valence-electron chi connectivity index (χ2n) is 4.56. The van der Waals surface area contributed by atoms with Crippen molar-refractivity contribution in [1.29, 1.82) is 0 Å². The number of rotatable bonds is 9. The molecule has 1 rings (SSSR count). The van der Waals surface area contributed by atoms with E-state index in [1.165, 1.54) is 18.3 Å². The Morgan fingerprint density at radius 3 is 2.71 bits per heavy atom. The van der Waals surface area contributed by atoms with Gasteiger partial charge >= 0.3 is 11.8 Å². The van der Waals surface area contributed by atoms with Crippen molar-refractivity contribution in [1.82, 2.24) is 4.98 Å². The lowest BCUT2D eigenvalue weighted by molar-refractivity contribution is -0.389. The number of ether oxygens (including phenoxy) is 2. The first-order valence-corrected chi connectivity index (χ1v) is 6.86. The predicted molar refractivity (Wildman–Crippen MR) is 76.0 cm³/mol. The molecule has 0 bridgehead atoms. The normalized spacial score (nSPS) is 11.9. The van der Waals surface area contributed by atoms with Gasteiger partial charge in [-0.05, 0) is 28.8 Å². The van der Waals surface area contributed by atoms with Crippen molar-refractivity contribution in [2.45, 2.75) is 32.1 Å². The number of aromatic nitrogens is 1. The Bertz CT molecular complexity index is 461. The molecule has 1 heterocycles. The molecule has 1 atom stereocenters. The summed E-state index contributed by atoms with van der Waals surface area (Å²) in [5.74, 6) is -1.12. The number of hydrogen-bond donors (Lipinski definition) is 0. The van der Waals surface area contributed by atoms with Crippen molar-refractivity contribution in [3.05, 3.63) is 34.0 Å². The summed E-state index contributed by atoms with van der Waals surface area (Å²) in [6.45, 7) is 2.78. The summed E-state index contributed by atoms with van der Waals surface area (Å²) in [6, 6.07) is 2.82. The highest BCUT2D eigenvalue weighted by molar-refractivity contribution is 5.78. The van der Waals surface area contributed by atoms with Crippen LogP contribution in [0.2, 0.25) is 0 Å². The van der Waals surface area contributed by atoms with Crippen molar-refractivity contribution in [2.24, 2.45) is 0 Å². The van der Waals surface area contributed by atoms with Crippen LogP contribution >= 0.6 is 0 Å². The van der Waals surface area contributed by atoms with Crippen molar-refractivity contribution in [2.75, 3.05) is 20.3 Å². The van der Waals surface area contributed by atoms with Gasteiger partial charge in [0.1, 0.15) is 6.20 Å². The van der Waals surface area contributed by atoms with E-state index in [4.69, 9.17) is 9.47 Å². The van der Waals surface area contributed by atoms with Gasteiger partial charge < -0.3 is 19.6 Å². The fraction of sp³-hybridized carbons (Fsp3) is 0.571. The topological polar surface area (TPSA) is 91.6 Å². The van der Waals surface area contributed by atoms with Gasteiger partial charge in [0.25, 0.3) is 0 Å². The third-order valence-electron chi connectivity index (χ3n) is 3.00. The van der Waals surface area contributed by atoms with Gasteiger partial charge in [-0.1, -0.05) is 13.3 Å². The van der Waals surface area contributed by atoms with Gasteiger partial charge in [0.2, 0.25) is 0 Å². The highest BCUT2D eigenvalue weighted by atomic mass is 16.6. The molecule has 1 unspecified atom stereocenters. The maximum atomic E-state index is 12.1. The lowest BCUT2D eigenvalue weighted by atomic mass is 9.98. The van der Waals surface area contributed by atoms with Crippen LogP contribution in [0, 0.1) is 10.1 Å². The summed E-state index contributed by atoms with van der Waals surface area (Å²) in [5, 5.41) is 10.6. The van der Waals surface area contributed by atoms with Gasteiger partial charge in [-0.25, -0.2) is 0 Å². The predicted octanol–water partition coefficient (Wildman–Crippen LogP) is 2.45. The van der Waals surface area contributed by atoms with Gasteiger partial charge in [0.05, 0.1) is 12.5 Å². The Balaban J connectivity index is 2.80. The van der Waals surface area contributed by atoms with E-state index >= 15 is 0 Å². The van der Waals surface area contributed by atoms with Crippen LogP contribution in [0.5, 0.6) is 0 Å². The number of nitrogens with zero attached hydrogens (tertiary/aromatic N) is 2. The number of nitro groups is 1. The van der Waals surface area contributed by atoms with Crippen LogP contribution < -0.4 is 0 Å². The Labute approximate surface area is 123 Å². The van der Waals surface area contributed by atoms with Crippen LogP contribution in [0.3, 0.4) is 0 Å². The van der Waals surface area contributed by atoms with E-state index in [2.05, 4.69) is 4.98 Å². The van der Waals surface area contributed by atoms with Crippen molar-refractivity contribution in [3.8, 4) is 0 Å². The minimum absolute atomic E-state index is 0.247. The summed E-state index contributed by atoms with van der Waals surface area (Å²) in [5.41, 5.74) is 0.596. The molecule has 0 saturated heterocycles. The van der Waals surface area contributed by atoms with Crippen LogP contribution in [0.15, 0.2) is 18.3 Å². The van der Waals surface area contributed by atoms with E-state index in [0.717, 1.165) is 12.8 Å². The average molecular weight is 296 g/mol. The largest absolute Gasteiger partial charge is 0.465 e. The molecule has 0 aliphatic rings. The molecule has 0 saturated carbocycles. The number of pyridine rings is 1. The Hall–Kier alpha value is -2.02. The van der Waals surface area contributed by atoms with Gasteiger partial charge in [-0.2, -0.15) is 0 Å². The fourth-order valence-electron chi connectivity index (χ4n) is 1.79. The van der Waals surface area contributed by atoms with E-state index < -0.39 is 10.8 Å². The zero-order chi connectivity index (χ0) is 15.7. The Kier molecular flexibility index (Phi) is 7.31. The molecule has 0 spiro atoms. The summed E-state index contributed by atoms with van der Waals surface area (Å²) in [7, 11) is 1.55. The molecule has 0 N–H and O–H groups in total. The molecule has 7 nitrogen and oxygen atoms in total. The highest BCUT2D eigenvalue weighted by Crippen LogP contribution is 2.22. The number of unbranched alkanes of at least 4 members (excludes halogenated alkanes) is 1. The minimum Gasteiger partial charge on any atom is -0.465 e. The second kappa shape index (κ2) is 9.02. The maximum absolute atomic E-state index is 12.1. The van der Waals surface area contributed by atoms with E-state index in [1.54, 1.807) is 7.11 Å². The lowest BCUT2D eigenvalue weighted by Gasteiger charge is -2.14. The van der Waals surface area contributed by atoms with Gasteiger partial charge in [0.15, 0.2) is 0 Å². The Morgan fingerprint density at radius 1 is 1.43 bits per heavy atom. The number of methoxy groups -OCH3 is 1. The molecule has 21 heavy (non-hydrogen) atoms. The quantitative estimate of drug-likeness (QED) is 0.301. The van der Waals surface area contributed by atoms with E-state index in [-0.39, 0.29) is 11.8 Å². The van der Waals surface area contributed by atoms with Crippen molar-refractivity contribution in [3.63, 3.8) is 0 Å². The molecule has 0 amide bonds. The van der Waals surface area contributed by atoms with Crippen molar-refractivity contribution < 1.29 is 19.2 Å². The number of hydrogen-bond acceptors (Lipinski definition) is 6. The van der Waals surface area contributed by atoms with Crippen LogP contribution in [0.25, 0.3) is 0 Å². The van der Waals surface area contributed by atoms with Crippen LogP contribution in [-0.4, -0.2) is 36.2 Å². The molecule has 1 aromatic rings. The van der Waals surface area contributed by atoms with Gasteiger partial charge in [-0.3, -0.25) is 4.79 Å². The number of esters is 1. The zero-order valence-corrected chi connectivity index (χ0v) is 12.3. The minimum atomic E-state index is -0.576. The first-order valence-electron chi connectivity index (χ1n) is 6.86. The molecule has 0 aliphatic heterocycles. The van der Waals surface area contributed by atoms with E-state index in [0.29, 0.717) is 25.2 Å². The molecule has 116 valence electrons. The Morgan fingerprint density at radius 2 is 2.19 bits per heavy atom. The molecule has 0 radical (unpaired) electrons. The standard InChI is InChI=1S/C14H20N2O5/c1-3-4-8-21-14(17)12(7-9-20-2)11-5-6-13(15-10-11)16(18)19/h5-6,10,12H,3-4,7-9H2,1-2H3. The first-order chi connectivity index (χ1) is 10.1. The second-order valence-corrected chi connectivity index (χ2v) is 4.56. The van der Waals surface area contributed by atoms with E-state index in [9.17, 15) is 14.9 Å². The molecular weight excluding hydrogens is 276 g/mol. The summed E-state index contributed by atoms with van der Waals surface area (Å²) in [4.78, 5) is 25.9. The summed E-state index contributed by atoms with van der Waals surface area (Å²) < 4.78 is 10.2. The summed E-state index contributed by atoms with van der Waals surface area (Å²) in [6.07, 6.45) is 3.54. The molecule has 1 aromatic heterocycles. The number of carbonyl (C=O) groups is 1. The van der Waals surface area contributed by atoms with Crippen LogP contribution in [0.1, 0.15) is 37.7 Å². The van der Waals surface area contributed by atoms with Crippen molar-refractivity contribution >= 4 is 11.8 Å². The van der Waals surface area contributed by atoms with Gasteiger partial charge in [0, 0.05) is 25.3 Å². The molecule has 0 aromatic carbocycles. The molecular formula is C14H20N2O5. The molecule has 7 heteroatoms. The fourth-order valence-corrected chi connectivity index (χ4v) is 1.79. The first kappa shape index (κ1) is 17.0. The third-order valence-corrected chi connectivity index (χ3v) is 3.00. The maximum Gasteiger partial charge on any atom is 0.363 e. The average Bonchev–Trinajstić information content (AvgIpc) is 2.48. The van der Waals surface area contributed by atoms with Crippen LogP contribution in [-0.2, 0) is 14.3 Å².